The molecule has 1 fully saturated rings. The topological polar surface area (TPSA) is 51.5 Å². The first-order valence-electron chi connectivity index (χ1n) is 5.07. The monoisotopic (exact) mass is 199 g/mol. The Bertz CT molecular complexity index is 173. The summed E-state index contributed by atoms with van der Waals surface area (Å²) in [6.45, 7) is 3.02. The normalized spacial score (nSPS) is 20.9. The van der Waals surface area contributed by atoms with Gasteiger partial charge in [0.25, 0.3) is 0 Å². The first-order valence-corrected chi connectivity index (χ1v) is 5.07. The Morgan fingerprint density at radius 2 is 2.21 bits per heavy atom. The Kier molecular flexibility index (Phi) is 6.33. The molecule has 4 heteroatoms. The third-order valence-corrected chi connectivity index (χ3v) is 2.07. The summed E-state index contributed by atoms with van der Waals surface area (Å²) in [5, 5.41) is 8.19. The third kappa shape index (κ3) is 5.18. The summed E-state index contributed by atoms with van der Waals surface area (Å²) in [6.07, 6.45) is 3.41. The van der Waals surface area contributed by atoms with Crippen molar-refractivity contribution in [2.45, 2.75) is 25.4 Å². The van der Waals surface area contributed by atoms with Gasteiger partial charge in [0, 0.05) is 13.2 Å². The second-order valence-electron chi connectivity index (χ2n) is 3.27. The van der Waals surface area contributed by atoms with E-state index in [4.69, 9.17) is 19.5 Å². The lowest BCUT2D eigenvalue weighted by Gasteiger charge is -2.09. The van der Waals surface area contributed by atoms with Crippen LogP contribution in [-0.2, 0) is 14.2 Å². The molecule has 80 valence electrons. The number of hydrogen-bond donors (Lipinski definition) is 0. The molecule has 1 saturated heterocycles. The van der Waals surface area contributed by atoms with Gasteiger partial charge in [-0.15, -0.1) is 0 Å². The Balaban J connectivity index is 1.78. The Hall–Kier alpha value is -0.630. The fourth-order valence-corrected chi connectivity index (χ4v) is 1.37. The van der Waals surface area contributed by atoms with Gasteiger partial charge in [-0.2, -0.15) is 5.26 Å². The number of hydrogen-bond acceptors (Lipinski definition) is 4. The molecule has 0 aliphatic carbocycles. The van der Waals surface area contributed by atoms with E-state index in [9.17, 15) is 0 Å². The lowest BCUT2D eigenvalue weighted by Crippen LogP contribution is -2.15. The largest absolute Gasteiger partial charge is 0.379 e. The Morgan fingerprint density at radius 3 is 2.93 bits per heavy atom. The fraction of sp³-hybridized carbons (Fsp3) is 0.900. The molecule has 0 aromatic rings. The van der Waals surface area contributed by atoms with Crippen molar-refractivity contribution in [2.75, 3.05) is 33.0 Å². The van der Waals surface area contributed by atoms with Crippen LogP contribution >= 0.6 is 0 Å². The lowest BCUT2D eigenvalue weighted by molar-refractivity contribution is 0.0106. The highest BCUT2D eigenvalue weighted by Crippen LogP contribution is 2.11. The zero-order valence-electron chi connectivity index (χ0n) is 8.41. The molecular formula is C10H17NO3. The molecule has 0 bridgehead atoms. The summed E-state index contributed by atoms with van der Waals surface area (Å²) in [5.74, 6) is 0. The van der Waals surface area contributed by atoms with E-state index >= 15 is 0 Å². The predicted octanol–water partition coefficient (Wildman–Crippen LogP) is 1.11. The summed E-state index contributed by atoms with van der Waals surface area (Å²) in [5.41, 5.74) is 0. The third-order valence-electron chi connectivity index (χ3n) is 2.07. The van der Waals surface area contributed by atoms with Gasteiger partial charge >= 0.3 is 0 Å². The van der Waals surface area contributed by atoms with Crippen LogP contribution in [0.2, 0.25) is 0 Å². The Morgan fingerprint density at radius 1 is 1.36 bits per heavy atom. The minimum atomic E-state index is 0.172. The maximum absolute atomic E-state index is 8.19. The zero-order valence-corrected chi connectivity index (χ0v) is 8.41. The summed E-state index contributed by atoms with van der Waals surface area (Å²) in [7, 11) is 0. The fourth-order valence-electron chi connectivity index (χ4n) is 1.37. The number of ether oxygens (including phenoxy) is 3. The summed E-state index contributed by atoms with van der Waals surface area (Å²) in [6, 6.07) is 1.92. The van der Waals surface area contributed by atoms with Gasteiger partial charge in [0.2, 0.25) is 0 Å². The van der Waals surface area contributed by atoms with Crippen molar-refractivity contribution in [2.24, 2.45) is 0 Å². The van der Waals surface area contributed by atoms with Crippen molar-refractivity contribution in [3.63, 3.8) is 0 Å². The van der Waals surface area contributed by atoms with Crippen LogP contribution in [0.15, 0.2) is 0 Å². The maximum atomic E-state index is 8.19. The van der Waals surface area contributed by atoms with Crippen molar-refractivity contribution < 1.29 is 14.2 Å². The summed E-state index contributed by atoms with van der Waals surface area (Å²) < 4.78 is 15.8. The lowest BCUT2D eigenvalue weighted by atomic mass is 10.2. The van der Waals surface area contributed by atoms with E-state index in [1.54, 1.807) is 0 Å². The van der Waals surface area contributed by atoms with E-state index in [0.29, 0.717) is 25.9 Å². The average molecular weight is 199 g/mol. The van der Waals surface area contributed by atoms with Crippen LogP contribution < -0.4 is 0 Å². The van der Waals surface area contributed by atoms with E-state index in [2.05, 4.69) is 0 Å². The molecule has 1 atom stereocenters. The minimum absolute atomic E-state index is 0.172. The van der Waals surface area contributed by atoms with E-state index in [1.807, 2.05) is 6.07 Å². The average Bonchev–Trinajstić information content (AvgIpc) is 2.69. The Labute approximate surface area is 84.8 Å². The zero-order chi connectivity index (χ0) is 10.1. The molecule has 1 unspecified atom stereocenters. The summed E-state index contributed by atoms with van der Waals surface area (Å²) >= 11 is 0. The van der Waals surface area contributed by atoms with Crippen molar-refractivity contribution in [1.29, 1.82) is 5.26 Å². The second kappa shape index (κ2) is 7.74. The van der Waals surface area contributed by atoms with E-state index in [0.717, 1.165) is 25.9 Å². The maximum Gasteiger partial charge on any atom is 0.133 e. The van der Waals surface area contributed by atoms with Gasteiger partial charge in [0.1, 0.15) is 6.61 Å². The number of nitriles is 1. The van der Waals surface area contributed by atoms with Crippen molar-refractivity contribution >= 4 is 0 Å². The molecule has 1 aliphatic heterocycles. The number of rotatable bonds is 7. The van der Waals surface area contributed by atoms with Crippen molar-refractivity contribution in [1.82, 2.24) is 0 Å². The van der Waals surface area contributed by atoms with Gasteiger partial charge < -0.3 is 14.2 Å². The standard InChI is InChI=1S/C10H17NO3/c11-4-8-12-5-2-6-13-9-10-3-1-7-14-10/h10H,1-3,5-9H2. The second-order valence-corrected chi connectivity index (χ2v) is 3.27. The van der Waals surface area contributed by atoms with E-state index in [1.165, 1.54) is 0 Å². The predicted molar refractivity (Wildman–Crippen MR) is 50.8 cm³/mol. The van der Waals surface area contributed by atoms with Crippen LogP contribution in [0.4, 0.5) is 0 Å². The van der Waals surface area contributed by atoms with Crippen LogP contribution in [0.3, 0.4) is 0 Å². The van der Waals surface area contributed by atoms with Crippen LogP contribution in [-0.4, -0.2) is 39.1 Å². The van der Waals surface area contributed by atoms with Crippen molar-refractivity contribution in [3.8, 4) is 6.07 Å². The highest BCUT2D eigenvalue weighted by molar-refractivity contribution is 4.66. The van der Waals surface area contributed by atoms with Crippen molar-refractivity contribution in [3.05, 3.63) is 0 Å². The molecule has 1 rings (SSSR count). The molecule has 0 amide bonds. The van der Waals surface area contributed by atoms with Gasteiger partial charge in [-0.25, -0.2) is 0 Å². The molecule has 0 aromatic heterocycles. The molecule has 14 heavy (non-hydrogen) atoms. The van der Waals surface area contributed by atoms with Gasteiger partial charge in [-0.1, -0.05) is 0 Å². The van der Waals surface area contributed by atoms with Gasteiger partial charge in [-0.3, -0.25) is 0 Å². The molecule has 0 spiro atoms. The molecular weight excluding hydrogens is 182 g/mol. The van der Waals surface area contributed by atoms with E-state index < -0.39 is 0 Å². The summed E-state index contributed by atoms with van der Waals surface area (Å²) in [4.78, 5) is 0. The van der Waals surface area contributed by atoms with Crippen LogP contribution in [0.5, 0.6) is 0 Å². The van der Waals surface area contributed by atoms with Gasteiger partial charge in [-0.05, 0) is 19.3 Å². The highest BCUT2D eigenvalue weighted by atomic mass is 16.5. The molecule has 0 saturated carbocycles. The van der Waals surface area contributed by atoms with Crippen LogP contribution in [0.25, 0.3) is 0 Å². The molecule has 0 radical (unpaired) electrons. The molecule has 1 heterocycles. The van der Waals surface area contributed by atoms with Crippen LogP contribution in [0, 0.1) is 11.3 Å². The SMILES string of the molecule is N#CCOCCCOCC1CCCO1. The first-order chi connectivity index (χ1) is 6.93. The highest BCUT2D eigenvalue weighted by Gasteiger charge is 2.14. The molecule has 4 nitrogen and oxygen atoms in total. The number of nitrogens with zero attached hydrogens (tertiary/aromatic N) is 1. The van der Waals surface area contributed by atoms with Gasteiger partial charge in [0.05, 0.1) is 25.4 Å². The quantitative estimate of drug-likeness (QED) is 0.576. The first kappa shape index (κ1) is 11.4. The smallest absolute Gasteiger partial charge is 0.133 e. The molecule has 0 N–H and O–H groups in total. The molecule has 1 aliphatic rings. The van der Waals surface area contributed by atoms with Gasteiger partial charge in [0.15, 0.2) is 0 Å². The van der Waals surface area contributed by atoms with E-state index in [-0.39, 0.29) is 6.61 Å². The minimum Gasteiger partial charge on any atom is -0.379 e. The van der Waals surface area contributed by atoms with Crippen LogP contribution in [0.1, 0.15) is 19.3 Å². The molecule has 0 aromatic carbocycles.